The predicted molar refractivity (Wildman–Crippen MR) is 105 cm³/mol. The normalized spacial score (nSPS) is 12.0. The van der Waals surface area contributed by atoms with Gasteiger partial charge in [0.25, 0.3) is 5.91 Å². The van der Waals surface area contributed by atoms with Crippen LogP contribution in [-0.4, -0.2) is 36.0 Å². The fourth-order valence-electron chi connectivity index (χ4n) is 2.82. The van der Waals surface area contributed by atoms with Crippen LogP contribution in [0.15, 0.2) is 0 Å². The Balaban J connectivity index is 4.06. The van der Waals surface area contributed by atoms with Crippen molar-refractivity contribution in [1.29, 1.82) is 0 Å². The minimum atomic E-state index is -0.661. The largest absolute Gasteiger partial charge is 0.453 e. The van der Waals surface area contributed by atoms with E-state index in [2.05, 4.69) is 20.8 Å². The first kappa shape index (κ1) is 23.9. The van der Waals surface area contributed by atoms with Crippen molar-refractivity contribution in [3.05, 3.63) is 0 Å². The molecule has 1 atom stereocenters. The second-order valence-corrected chi connectivity index (χ2v) is 7.04. The van der Waals surface area contributed by atoms with Gasteiger partial charge in [-0.05, 0) is 26.2 Å². The molecule has 1 amide bonds. The number of hydrogen-bond donors (Lipinski definition) is 0. The van der Waals surface area contributed by atoms with Gasteiger partial charge >= 0.3 is 5.97 Å². The van der Waals surface area contributed by atoms with Crippen molar-refractivity contribution in [2.24, 2.45) is 0 Å². The van der Waals surface area contributed by atoms with Gasteiger partial charge in [0, 0.05) is 19.5 Å². The van der Waals surface area contributed by atoms with Gasteiger partial charge in [-0.2, -0.15) is 0 Å². The zero-order valence-corrected chi connectivity index (χ0v) is 17.1. The summed E-state index contributed by atoms with van der Waals surface area (Å²) in [7, 11) is 0. The summed E-state index contributed by atoms with van der Waals surface area (Å²) in [6.45, 7) is 9.67. The van der Waals surface area contributed by atoms with Gasteiger partial charge < -0.3 is 9.64 Å². The van der Waals surface area contributed by atoms with Crippen LogP contribution in [0.25, 0.3) is 0 Å². The Morgan fingerprint density at radius 1 is 0.760 bits per heavy atom. The maximum Gasteiger partial charge on any atom is 0.306 e. The van der Waals surface area contributed by atoms with E-state index in [1.807, 2.05) is 4.90 Å². The second kappa shape index (κ2) is 16.4. The minimum absolute atomic E-state index is 0.0465. The van der Waals surface area contributed by atoms with E-state index in [4.69, 9.17) is 4.74 Å². The summed E-state index contributed by atoms with van der Waals surface area (Å²) in [5.41, 5.74) is 0. The number of hydrogen-bond acceptors (Lipinski definition) is 3. The molecule has 148 valence electrons. The number of rotatable bonds is 16. The fraction of sp³-hybridized carbons (Fsp3) is 0.905. The average Bonchev–Trinajstić information content (AvgIpc) is 2.60. The van der Waals surface area contributed by atoms with Crippen LogP contribution < -0.4 is 0 Å². The molecular formula is C21H41NO3. The van der Waals surface area contributed by atoms with Crippen LogP contribution in [0.2, 0.25) is 0 Å². The molecule has 0 aromatic carbocycles. The van der Waals surface area contributed by atoms with E-state index in [0.29, 0.717) is 6.42 Å². The Morgan fingerprint density at radius 3 is 1.76 bits per heavy atom. The molecule has 0 radical (unpaired) electrons. The first-order valence-corrected chi connectivity index (χ1v) is 10.5. The monoisotopic (exact) mass is 355 g/mol. The Hall–Kier alpha value is -1.06. The van der Waals surface area contributed by atoms with E-state index in [-0.39, 0.29) is 11.9 Å². The number of nitrogens with zero attached hydrogens (tertiary/aromatic N) is 1. The molecule has 4 nitrogen and oxygen atoms in total. The van der Waals surface area contributed by atoms with Gasteiger partial charge in [-0.1, -0.05) is 72.1 Å². The summed E-state index contributed by atoms with van der Waals surface area (Å²) in [5, 5.41) is 0. The third-order valence-corrected chi connectivity index (χ3v) is 4.52. The van der Waals surface area contributed by atoms with E-state index in [1.54, 1.807) is 6.92 Å². The van der Waals surface area contributed by atoms with Crippen molar-refractivity contribution < 1.29 is 14.3 Å². The lowest BCUT2D eigenvalue weighted by Crippen LogP contribution is -2.41. The molecule has 0 saturated carbocycles. The van der Waals surface area contributed by atoms with Crippen molar-refractivity contribution in [3.8, 4) is 0 Å². The molecule has 4 heteroatoms. The number of amides is 1. The van der Waals surface area contributed by atoms with E-state index < -0.39 is 6.10 Å². The Kier molecular flexibility index (Phi) is 15.7. The van der Waals surface area contributed by atoms with E-state index in [0.717, 1.165) is 51.6 Å². The van der Waals surface area contributed by atoms with Gasteiger partial charge in [-0.15, -0.1) is 0 Å². The van der Waals surface area contributed by atoms with Crippen molar-refractivity contribution >= 4 is 11.9 Å². The third kappa shape index (κ3) is 12.9. The van der Waals surface area contributed by atoms with Gasteiger partial charge in [0.2, 0.25) is 0 Å². The molecule has 0 bridgehead atoms. The predicted octanol–water partition coefficient (Wildman–Crippen LogP) is 5.49. The zero-order chi connectivity index (χ0) is 18.9. The molecule has 0 aliphatic heterocycles. The molecular weight excluding hydrogens is 314 g/mol. The highest BCUT2D eigenvalue weighted by Crippen LogP contribution is 2.10. The summed E-state index contributed by atoms with van der Waals surface area (Å²) in [5.74, 6) is -0.282. The molecule has 0 aliphatic carbocycles. The van der Waals surface area contributed by atoms with Crippen LogP contribution in [0, 0.1) is 0 Å². The quantitative estimate of drug-likeness (QED) is 0.272. The summed E-state index contributed by atoms with van der Waals surface area (Å²) < 4.78 is 5.37. The van der Waals surface area contributed by atoms with Gasteiger partial charge in [0.1, 0.15) is 0 Å². The minimum Gasteiger partial charge on any atom is -0.453 e. The van der Waals surface area contributed by atoms with Gasteiger partial charge in [-0.25, -0.2) is 0 Å². The van der Waals surface area contributed by atoms with E-state index in [9.17, 15) is 9.59 Å². The third-order valence-electron chi connectivity index (χ3n) is 4.52. The first-order valence-electron chi connectivity index (χ1n) is 10.5. The van der Waals surface area contributed by atoms with Gasteiger partial charge in [0.05, 0.1) is 0 Å². The Bertz CT molecular complexity index is 336. The molecule has 0 aromatic heterocycles. The molecule has 0 rings (SSSR count). The summed E-state index contributed by atoms with van der Waals surface area (Å²) >= 11 is 0. The lowest BCUT2D eigenvalue weighted by Gasteiger charge is -2.25. The highest BCUT2D eigenvalue weighted by molar-refractivity contribution is 5.83. The summed E-state index contributed by atoms with van der Waals surface area (Å²) in [4.78, 5) is 26.3. The molecule has 0 saturated heterocycles. The van der Waals surface area contributed by atoms with Crippen LogP contribution >= 0.6 is 0 Å². The molecule has 0 fully saturated rings. The van der Waals surface area contributed by atoms with Gasteiger partial charge in [-0.3, -0.25) is 9.59 Å². The number of carbonyl (C=O) groups is 2. The number of carbonyl (C=O) groups excluding carboxylic acids is 2. The second-order valence-electron chi connectivity index (χ2n) is 7.04. The highest BCUT2D eigenvalue weighted by Gasteiger charge is 2.23. The SMILES string of the molecule is CCCCCCCCCC(=O)OC(C)C(=O)N(CCCC)CCCC. The number of unbranched alkanes of at least 4 members (excludes halogenated alkanes) is 8. The van der Waals surface area contributed by atoms with Crippen LogP contribution in [0.4, 0.5) is 0 Å². The molecule has 0 heterocycles. The topological polar surface area (TPSA) is 46.6 Å². The van der Waals surface area contributed by atoms with Gasteiger partial charge in [0.15, 0.2) is 6.10 Å². The van der Waals surface area contributed by atoms with Crippen molar-refractivity contribution in [2.75, 3.05) is 13.1 Å². The molecule has 0 spiro atoms. The zero-order valence-electron chi connectivity index (χ0n) is 17.1. The molecule has 0 N–H and O–H groups in total. The Morgan fingerprint density at radius 2 is 1.24 bits per heavy atom. The fourth-order valence-corrected chi connectivity index (χ4v) is 2.82. The van der Waals surface area contributed by atoms with Crippen LogP contribution in [0.1, 0.15) is 105 Å². The summed E-state index contributed by atoms with van der Waals surface area (Å²) in [6, 6.07) is 0. The van der Waals surface area contributed by atoms with Crippen LogP contribution in [-0.2, 0) is 14.3 Å². The van der Waals surface area contributed by atoms with E-state index in [1.165, 1.54) is 32.1 Å². The van der Waals surface area contributed by atoms with Crippen molar-refractivity contribution in [2.45, 2.75) is 111 Å². The Labute approximate surface area is 155 Å². The first-order chi connectivity index (χ1) is 12.1. The lowest BCUT2D eigenvalue weighted by atomic mass is 10.1. The van der Waals surface area contributed by atoms with Crippen molar-refractivity contribution in [3.63, 3.8) is 0 Å². The molecule has 0 aromatic rings. The lowest BCUT2D eigenvalue weighted by molar-refractivity contribution is -0.159. The standard InChI is InChI=1S/C21H41NO3/c1-5-8-11-12-13-14-15-16-20(23)25-19(4)21(24)22(17-9-6-2)18-10-7-3/h19H,5-18H2,1-4H3. The smallest absolute Gasteiger partial charge is 0.306 e. The maximum absolute atomic E-state index is 12.5. The maximum atomic E-state index is 12.5. The highest BCUT2D eigenvalue weighted by atomic mass is 16.5. The summed E-state index contributed by atoms with van der Waals surface area (Å²) in [6.07, 6.45) is 12.1. The molecule has 1 unspecified atom stereocenters. The molecule has 25 heavy (non-hydrogen) atoms. The van der Waals surface area contributed by atoms with E-state index >= 15 is 0 Å². The van der Waals surface area contributed by atoms with Crippen LogP contribution in [0.3, 0.4) is 0 Å². The molecule has 0 aliphatic rings. The van der Waals surface area contributed by atoms with Crippen LogP contribution in [0.5, 0.6) is 0 Å². The number of esters is 1. The van der Waals surface area contributed by atoms with Crippen molar-refractivity contribution in [1.82, 2.24) is 4.90 Å². The average molecular weight is 356 g/mol. The number of ether oxygens (including phenoxy) is 1.